The van der Waals surface area contributed by atoms with Gasteiger partial charge in [-0.15, -0.1) is 11.3 Å². The van der Waals surface area contributed by atoms with Crippen molar-refractivity contribution >= 4 is 33.0 Å². The minimum atomic E-state index is -3.97. The molecule has 2 aromatic heterocycles. The zero-order chi connectivity index (χ0) is 23.8. The van der Waals surface area contributed by atoms with E-state index < -0.39 is 15.8 Å². The Morgan fingerprint density at radius 1 is 1.00 bits per heavy atom. The predicted molar refractivity (Wildman–Crippen MR) is 129 cm³/mol. The van der Waals surface area contributed by atoms with E-state index in [4.69, 9.17) is 10.7 Å². The molecule has 33 heavy (non-hydrogen) atoms. The van der Waals surface area contributed by atoms with Crippen molar-refractivity contribution < 1.29 is 12.8 Å². The highest BCUT2D eigenvalue weighted by Gasteiger charge is 2.26. The molecule has 0 atom stereocenters. The van der Waals surface area contributed by atoms with Crippen molar-refractivity contribution in [2.75, 3.05) is 10.5 Å². The number of nitrogen functional groups attached to an aromatic ring is 1. The zero-order valence-electron chi connectivity index (χ0n) is 18.2. The van der Waals surface area contributed by atoms with Crippen LogP contribution < -0.4 is 10.5 Å². The fourth-order valence-electron chi connectivity index (χ4n) is 3.09. The number of rotatable bonds is 5. The van der Waals surface area contributed by atoms with Crippen LogP contribution in [0, 0.1) is 5.82 Å². The molecule has 2 heterocycles. The SMILES string of the molecule is CC(C)(C)c1nc(-c2cccc(NS(=O)(=O)c3ccccc3)c2F)c(-c2ccnc(N)n2)s1. The van der Waals surface area contributed by atoms with Gasteiger partial charge in [-0.3, -0.25) is 4.72 Å². The third kappa shape index (κ3) is 4.71. The van der Waals surface area contributed by atoms with E-state index in [0.717, 1.165) is 5.01 Å². The normalized spacial score (nSPS) is 12.0. The molecule has 0 aliphatic carbocycles. The minimum Gasteiger partial charge on any atom is -0.368 e. The van der Waals surface area contributed by atoms with Gasteiger partial charge in [0.2, 0.25) is 5.95 Å². The lowest BCUT2D eigenvalue weighted by Crippen LogP contribution is -2.14. The van der Waals surface area contributed by atoms with E-state index in [1.807, 2.05) is 20.8 Å². The lowest BCUT2D eigenvalue weighted by Gasteiger charge is -2.13. The molecule has 4 aromatic rings. The Balaban J connectivity index is 1.84. The maximum atomic E-state index is 15.7. The molecule has 0 unspecified atom stereocenters. The van der Waals surface area contributed by atoms with E-state index in [0.29, 0.717) is 16.3 Å². The Hall–Kier alpha value is -3.37. The van der Waals surface area contributed by atoms with Crippen molar-refractivity contribution in [3.05, 3.63) is 71.6 Å². The summed E-state index contributed by atoms with van der Waals surface area (Å²) in [5, 5.41) is 0.777. The second-order valence-electron chi connectivity index (χ2n) is 8.33. The lowest BCUT2D eigenvalue weighted by atomic mass is 9.98. The number of anilines is 2. The number of hydrogen-bond donors (Lipinski definition) is 2. The van der Waals surface area contributed by atoms with Crippen molar-refractivity contribution in [1.29, 1.82) is 0 Å². The van der Waals surface area contributed by atoms with Crippen LogP contribution in [-0.4, -0.2) is 23.4 Å². The number of nitrogens with zero attached hydrogens (tertiary/aromatic N) is 3. The topological polar surface area (TPSA) is 111 Å². The van der Waals surface area contributed by atoms with Crippen molar-refractivity contribution in [2.45, 2.75) is 31.1 Å². The van der Waals surface area contributed by atoms with Crippen molar-refractivity contribution in [2.24, 2.45) is 0 Å². The van der Waals surface area contributed by atoms with Crippen molar-refractivity contribution in [1.82, 2.24) is 15.0 Å². The molecule has 0 spiro atoms. The molecule has 3 N–H and O–H groups in total. The second-order valence-corrected chi connectivity index (χ2v) is 11.0. The van der Waals surface area contributed by atoms with Crippen LogP contribution in [0.4, 0.5) is 16.0 Å². The monoisotopic (exact) mass is 483 g/mol. The fraction of sp³-hybridized carbons (Fsp3) is 0.174. The maximum Gasteiger partial charge on any atom is 0.261 e. The highest BCUT2D eigenvalue weighted by atomic mass is 32.2. The molecule has 4 rings (SSSR count). The van der Waals surface area contributed by atoms with Crippen LogP contribution in [0.15, 0.2) is 65.7 Å². The number of benzene rings is 2. The Bertz CT molecular complexity index is 1410. The molecule has 2 aromatic carbocycles. The Kier molecular flexibility index (Phi) is 5.89. The van der Waals surface area contributed by atoms with Gasteiger partial charge in [-0.25, -0.2) is 27.8 Å². The van der Waals surface area contributed by atoms with E-state index in [2.05, 4.69) is 14.7 Å². The van der Waals surface area contributed by atoms with Gasteiger partial charge >= 0.3 is 0 Å². The molecule has 170 valence electrons. The van der Waals surface area contributed by atoms with Crippen molar-refractivity contribution in [3.63, 3.8) is 0 Å². The van der Waals surface area contributed by atoms with E-state index in [-0.39, 0.29) is 27.5 Å². The third-order valence-corrected chi connectivity index (χ3v) is 7.61. The molecule has 10 heteroatoms. The molecule has 0 amide bonds. The molecule has 0 saturated heterocycles. The first kappa shape index (κ1) is 22.8. The van der Waals surface area contributed by atoms with Gasteiger partial charge in [0.1, 0.15) is 0 Å². The Labute approximate surface area is 195 Å². The highest BCUT2D eigenvalue weighted by Crippen LogP contribution is 2.41. The summed E-state index contributed by atoms with van der Waals surface area (Å²) < 4.78 is 43.5. The molecule has 0 saturated carbocycles. The molecule has 0 aliphatic heterocycles. The van der Waals surface area contributed by atoms with E-state index >= 15 is 4.39 Å². The smallest absolute Gasteiger partial charge is 0.261 e. The summed E-state index contributed by atoms with van der Waals surface area (Å²) >= 11 is 1.39. The molecular formula is C23H22FN5O2S2. The van der Waals surface area contributed by atoms with Crippen LogP contribution in [0.25, 0.3) is 21.8 Å². The minimum absolute atomic E-state index is 0.0376. The summed E-state index contributed by atoms with van der Waals surface area (Å²) in [5.41, 5.74) is 6.33. The maximum absolute atomic E-state index is 15.7. The largest absolute Gasteiger partial charge is 0.368 e. The Morgan fingerprint density at radius 2 is 1.73 bits per heavy atom. The number of halogens is 1. The first-order valence-corrected chi connectivity index (χ1v) is 12.3. The lowest BCUT2D eigenvalue weighted by molar-refractivity contribution is 0.585. The van der Waals surface area contributed by atoms with E-state index in [9.17, 15) is 8.42 Å². The van der Waals surface area contributed by atoms with Gasteiger partial charge in [0.05, 0.1) is 31.9 Å². The van der Waals surface area contributed by atoms with E-state index in [1.54, 1.807) is 36.4 Å². The predicted octanol–water partition coefficient (Wildman–Crippen LogP) is 5.09. The van der Waals surface area contributed by atoms with Gasteiger partial charge in [-0.2, -0.15) is 0 Å². The van der Waals surface area contributed by atoms with Gasteiger partial charge in [0.25, 0.3) is 10.0 Å². The van der Waals surface area contributed by atoms with Gasteiger partial charge in [-0.1, -0.05) is 45.0 Å². The summed E-state index contributed by atoms with van der Waals surface area (Å²) in [6, 6.07) is 14.0. The number of aromatic nitrogens is 3. The summed E-state index contributed by atoms with van der Waals surface area (Å²) in [5.74, 6) is -0.639. The number of thiazole rings is 1. The Morgan fingerprint density at radius 3 is 2.39 bits per heavy atom. The standard InChI is InChI=1S/C23H22FN5O2S2/c1-23(2,3)21-28-19(20(32-21)17-12-13-26-22(25)27-17)15-10-7-11-16(18(15)24)29-33(30,31)14-8-5-4-6-9-14/h4-13,29H,1-3H3,(H2,25,26,27). The van der Waals surface area contributed by atoms with Gasteiger partial charge in [-0.05, 0) is 30.3 Å². The average Bonchev–Trinajstić information content (AvgIpc) is 3.22. The third-order valence-electron chi connectivity index (χ3n) is 4.73. The molecule has 0 fully saturated rings. The summed E-state index contributed by atoms with van der Waals surface area (Å²) in [6.07, 6.45) is 1.53. The van der Waals surface area contributed by atoms with Crippen LogP contribution in [0.5, 0.6) is 0 Å². The van der Waals surface area contributed by atoms with Gasteiger partial charge in [0, 0.05) is 17.2 Å². The van der Waals surface area contributed by atoms with Crippen LogP contribution >= 0.6 is 11.3 Å². The highest BCUT2D eigenvalue weighted by molar-refractivity contribution is 7.92. The average molecular weight is 484 g/mol. The van der Waals surface area contributed by atoms with E-state index in [1.165, 1.54) is 35.7 Å². The molecule has 7 nitrogen and oxygen atoms in total. The van der Waals surface area contributed by atoms with Gasteiger partial charge in [0.15, 0.2) is 5.82 Å². The summed E-state index contributed by atoms with van der Waals surface area (Å²) in [4.78, 5) is 13.6. The van der Waals surface area contributed by atoms with Gasteiger partial charge < -0.3 is 5.73 Å². The fourth-order valence-corrected chi connectivity index (χ4v) is 5.28. The molecular weight excluding hydrogens is 461 g/mol. The number of nitrogens with one attached hydrogen (secondary N) is 1. The van der Waals surface area contributed by atoms with Crippen LogP contribution in [0.1, 0.15) is 25.8 Å². The van der Waals surface area contributed by atoms with Crippen molar-refractivity contribution in [3.8, 4) is 21.8 Å². The number of nitrogens with two attached hydrogens (primary N) is 1. The van der Waals surface area contributed by atoms with Crippen LogP contribution in [-0.2, 0) is 15.4 Å². The summed E-state index contributed by atoms with van der Waals surface area (Å²) in [6.45, 7) is 6.03. The second kappa shape index (κ2) is 8.53. The number of hydrogen-bond acceptors (Lipinski definition) is 7. The molecule has 0 bridgehead atoms. The quantitative estimate of drug-likeness (QED) is 0.409. The number of sulfonamides is 1. The first-order valence-electron chi connectivity index (χ1n) is 10.0. The van der Waals surface area contributed by atoms with Crippen LogP contribution in [0.2, 0.25) is 0 Å². The van der Waals surface area contributed by atoms with Crippen LogP contribution in [0.3, 0.4) is 0 Å². The molecule has 0 aliphatic rings. The first-order chi connectivity index (χ1) is 15.6. The summed E-state index contributed by atoms with van der Waals surface area (Å²) in [7, 11) is -3.97. The molecule has 0 radical (unpaired) electrons. The zero-order valence-corrected chi connectivity index (χ0v) is 19.8.